The summed E-state index contributed by atoms with van der Waals surface area (Å²) in [7, 11) is 0. The molecule has 4 aromatic heterocycles. The number of hydrogen-bond acceptors (Lipinski definition) is 3. The molecule has 0 saturated heterocycles. The van der Waals surface area contributed by atoms with E-state index in [1.54, 1.807) is 0 Å². The van der Waals surface area contributed by atoms with E-state index in [1.165, 1.54) is 79.8 Å². The molecule has 0 amide bonds. The zero-order valence-corrected chi connectivity index (χ0v) is 27.5. The quantitative estimate of drug-likeness (QED) is 0.186. The largest absolute Gasteiger partial charge is 0.307 e. The van der Waals surface area contributed by atoms with Crippen molar-refractivity contribution in [2.24, 2.45) is 0 Å². The molecular formula is C46H25N3S. The predicted molar refractivity (Wildman–Crippen MR) is 213 cm³/mol. The third kappa shape index (κ3) is 3.48. The molecule has 4 heteroatoms. The average Bonchev–Trinajstić information content (AvgIpc) is 3.84. The zero-order chi connectivity index (χ0) is 32.5. The van der Waals surface area contributed by atoms with E-state index in [4.69, 9.17) is 9.97 Å². The molecule has 0 radical (unpaired) electrons. The van der Waals surface area contributed by atoms with Crippen LogP contribution >= 0.6 is 11.3 Å². The number of thiophene rings is 1. The molecule has 0 unspecified atom stereocenters. The van der Waals surface area contributed by atoms with Crippen molar-refractivity contribution >= 4 is 102 Å². The van der Waals surface area contributed by atoms with Crippen molar-refractivity contribution in [2.75, 3.05) is 0 Å². The highest BCUT2D eigenvalue weighted by molar-refractivity contribution is 7.26. The maximum absolute atomic E-state index is 5.31. The second-order valence-electron chi connectivity index (χ2n) is 13.3. The van der Waals surface area contributed by atoms with Gasteiger partial charge in [0.2, 0.25) is 0 Å². The van der Waals surface area contributed by atoms with Crippen LogP contribution in [-0.2, 0) is 0 Å². The Morgan fingerprint density at radius 1 is 0.420 bits per heavy atom. The van der Waals surface area contributed by atoms with Gasteiger partial charge in [0.1, 0.15) is 0 Å². The van der Waals surface area contributed by atoms with E-state index in [-0.39, 0.29) is 0 Å². The molecule has 50 heavy (non-hydrogen) atoms. The smallest absolute Gasteiger partial charge is 0.160 e. The Morgan fingerprint density at radius 3 is 2.06 bits per heavy atom. The molecule has 0 fully saturated rings. The minimum Gasteiger partial charge on any atom is -0.307 e. The second kappa shape index (κ2) is 9.63. The maximum atomic E-state index is 5.31. The van der Waals surface area contributed by atoms with Gasteiger partial charge in [-0.15, -0.1) is 11.3 Å². The highest BCUT2D eigenvalue weighted by Gasteiger charge is 2.21. The molecule has 0 atom stereocenters. The fourth-order valence-electron chi connectivity index (χ4n) is 8.48. The molecule has 12 rings (SSSR count). The molecule has 0 aliphatic carbocycles. The van der Waals surface area contributed by atoms with Crippen molar-refractivity contribution < 1.29 is 0 Å². The number of para-hydroxylation sites is 3. The maximum Gasteiger partial charge on any atom is 0.160 e. The van der Waals surface area contributed by atoms with E-state index in [0.717, 1.165) is 33.5 Å². The van der Waals surface area contributed by atoms with Crippen LogP contribution in [0.5, 0.6) is 0 Å². The zero-order valence-electron chi connectivity index (χ0n) is 26.7. The van der Waals surface area contributed by atoms with E-state index in [2.05, 4.69) is 156 Å². The van der Waals surface area contributed by atoms with Gasteiger partial charge < -0.3 is 4.40 Å². The molecule has 0 spiro atoms. The lowest BCUT2D eigenvalue weighted by molar-refractivity contribution is 1.23. The Kier molecular flexibility index (Phi) is 5.12. The summed E-state index contributed by atoms with van der Waals surface area (Å²) in [5, 5.41) is 13.8. The van der Waals surface area contributed by atoms with Crippen LogP contribution < -0.4 is 0 Å². The van der Waals surface area contributed by atoms with Crippen molar-refractivity contribution in [3.63, 3.8) is 0 Å². The lowest BCUT2D eigenvalue weighted by Gasteiger charge is -2.11. The van der Waals surface area contributed by atoms with Crippen molar-refractivity contribution in [3.8, 4) is 22.6 Å². The normalized spacial score (nSPS) is 12.4. The number of rotatable bonds is 2. The number of benzene rings is 8. The molecule has 4 heterocycles. The van der Waals surface area contributed by atoms with Crippen molar-refractivity contribution in [1.82, 2.24) is 14.4 Å². The fourth-order valence-corrected chi connectivity index (χ4v) is 9.58. The number of aromatic nitrogens is 3. The van der Waals surface area contributed by atoms with E-state index in [1.807, 2.05) is 11.3 Å². The highest BCUT2D eigenvalue weighted by atomic mass is 32.1. The summed E-state index contributed by atoms with van der Waals surface area (Å²) in [5.41, 5.74) is 7.86. The van der Waals surface area contributed by atoms with Crippen LogP contribution in [-0.4, -0.2) is 14.4 Å². The average molecular weight is 652 g/mol. The summed E-state index contributed by atoms with van der Waals surface area (Å²) in [5.74, 6) is 0.740. The Bertz CT molecular complexity index is 3390. The molecule has 0 aliphatic rings. The second-order valence-corrected chi connectivity index (χ2v) is 14.4. The van der Waals surface area contributed by atoms with Gasteiger partial charge in [-0.3, -0.25) is 0 Å². The summed E-state index contributed by atoms with van der Waals surface area (Å²) in [4.78, 5) is 10.5. The fraction of sp³-hybridized carbons (Fsp3) is 0. The molecule has 0 bridgehead atoms. The topological polar surface area (TPSA) is 30.2 Å². The van der Waals surface area contributed by atoms with Gasteiger partial charge in [-0.05, 0) is 58.6 Å². The van der Waals surface area contributed by atoms with Gasteiger partial charge in [0, 0.05) is 63.6 Å². The van der Waals surface area contributed by atoms with Crippen LogP contribution in [0.15, 0.2) is 152 Å². The van der Waals surface area contributed by atoms with Gasteiger partial charge in [0.15, 0.2) is 5.82 Å². The highest BCUT2D eigenvalue weighted by Crippen LogP contribution is 2.46. The first-order valence-corrected chi connectivity index (χ1v) is 17.8. The van der Waals surface area contributed by atoms with E-state index in [9.17, 15) is 0 Å². The van der Waals surface area contributed by atoms with Crippen LogP contribution in [0.25, 0.3) is 113 Å². The van der Waals surface area contributed by atoms with E-state index >= 15 is 0 Å². The first-order valence-electron chi connectivity index (χ1n) is 17.0. The van der Waals surface area contributed by atoms with Gasteiger partial charge in [-0.2, -0.15) is 0 Å². The monoisotopic (exact) mass is 651 g/mol. The molecule has 0 saturated carbocycles. The summed E-state index contributed by atoms with van der Waals surface area (Å²) in [6.45, 7) is 0. The Labute approximate surface area is 289 Å². The van der Waals surface area contributed by atoms with E-state index in [0.29, 0.717) is 0 Å². The minimum absolute atomic E-state index is 0.740. The van der Waals surface area contributed by atoms with Crippen LogP contribution in [0.4, 0.5) is 0 Å². The number of nitrogens with zero attached hydrogens (tertiary/aromatic N) is 3. The van der Waals surface area contributed by atoms with Gasteiger partial charge in [0.05, 0.1) is 27.8 Å². The molecule has 0 N–H and O–H groups in total. The summed E-state index contributed by atoms with van der Waals surface area (Å²) in [6.07, 6.45) is 0. The van der Waals surface area contributed by atoms with Gasteiger partial charge in [0.25, 0.3) is 0 Å². The molecular weight excluding hydrogens is 627 g/mol. The standard InChI is InChI=1S/C46H25N3S/c1-2-9-28-24-29(17-16-26(28)8-1)43-35-11-3-5-14-37(35)47-46(48-43)30-20-22-39-36(25-30)42-40(50-39)23-19-27-18-21-34-33-13-7-12-32-31-10-4-6-15-38(31)49(44(32)33)45(34)41(27)42/h1-25H. The predicted octanol–water partition coefficient (Wildman–Crippen LogP) is 12.8. The summed E-state index contributed by atoms with van der Waals surface area (Å²) in [6, 6.07) is 55.0. The Balaban J connectivity index is 1.17. The first-order chi connectivity index (χ1) is 24.8. The van der Waals surface area contributed by atoms with Crippen LogP contribution in [0, 0.1) is 0 Å². The van der Waals surface area contributed by atoms with Crippen molar-refractivity contribution in [3.05, 3.63) is 152 Å². The van der Waals surface area contributed by atoms with Gasteiger partial charge in [-0.25, -0.2) is 9.97 Å². The van der Waals surface area contributed by atoms with Gasteiger partial charge in [-0.1, -0.05) is 109 Å². The molecule has 3 nitrogen and oxygen atoms in total. The van der Waals surface area contributed by atoms with Crippen LogP contribution in [0.3, 0.4) is 0 Å². The van der Waals surface area contributed by atoms with Gasteiger partial charge >= 0.3 is 0 Å². The number of fused-ring (bicyclic) bond motifs is 14. The molecule has 8 aromatic carbocycles. The molecule has 12 aromatic rings. The summed E-state index contributed by atoms with van der Waals surface area (Å²) < 4.78 is 5.08. The third-order valence-electron chi connectivity index (χ3n) is 10.7. The SMILES string of the molecule is c1ccc2cc(-c3nc(-c4ccc5sc6ccc7ccc8c9cccc%10c%11ccccc%11n(c%109)c8c7c6c5c4)nc4ccccc34)ccc2c1. The minimum atomic E-state index is 0.740. The van der Waals surface area contributed by atoms with Crippen LogP contribution in [0.2, 0.25) is 0 Å². The lowest BCUT2D eigenvalue weighted by atomic mass is 9.99. The van der Waals surface area contributed by atoms with Crippen LogP contribution in [0.1, 0.15) is 0 Å². The van der Waals surface area contributed by atoms with E-state index < -0.39 is 0 Å². The first kappa shape index (κ1) is 26.6. The summed E-state index contributed by atoms with van der Waals surface area (Å²) >= 11 is 1.86. The number of hydrogen-bond donors (Lipinski definition) is 0. The molecule has 0 aliphatic heterocycles. The van der Waals surface area contributed by atoms with Crippen molar-refractivity contribution in [2.45, 2.75) is 0 Å². The van der Waals surface area contributed by atoms with Crippen molar-refractivity contribution in [1.29, 1.82) is 0 Å². The molecule has 230 valence electrons. The lowest BCUT2D eigenvalue weighted by Crippen LogP contribution is -1.95. The third-order valence-corrected chi connectivity index (χ3v) is 11.8. The Hall–Kier alpha value is -6.36. The Morgan fingerprint density at radius 2 is 1.12 bits per heavy atom.